The van der Waals surface area contributed by atoms with Gasteiger partial charge in [-0.05, 0) is 66.3 Å². The molecule has 0 bridgehead atoms. The number of allylic oxidation sites excluding steroid dienone is 4. The number of carbonyl (C=O) groups is 5. The number of hydrogen-bond donors (Lipinski definition) is 1. The van der Waals surface area contributed by atoms with Crippen LogP contribution in [0.2, 0.25) is 0 Å². The fraction of sp³-hybridized carbons (Fsp3) is 0.188. The minimum absolute atomic E-state index is 0.134. The number of ketones is 3. The second kappa shape index (κ2) is 13.6. The Morgan fingerprint density at radius 3 is 2.05 bits per heavy atom. The number of amides is 2. The van der Waals surface area contributed by atoms with E-state index in [9.17, 15) is 19.5 Å². The average molecular weight is 740 g/mol. The number of imide groups is 1. The number of nitrogens with zero attached hydrogens (tertiary/aromatic N) is 1. The molecule has 5 aromatic rings. The van der Waals surface area contributed by atoms with Crippen molar-refractivity contribution in [3.8, 4) is 11.5 Å². The predicted octanol–water partition coefficient (Wildman–Crippen LogP) is 7.66. The number of methoxy groups -OCH3 is 1. The van der Waals surface area contributed by atoms with Crippen molar-refractivity contribution in [3.63, 3.8) is 0 Å². The monoisotopic (exact) mass is 739 g/mol. The Kier molecular flexibility index (Phi) is 8.49. The molecule has 1 N–H and O–H groups in total. The van der Waals surface area contributed by atoms with Gasteiger partial charge in [-0.3, -0.25) is 28.9 Å². The first-order chi connectivity index (χ1) is 27.2. The maximum absolute atomic E-state index is 15.2. The number of hydrogen-bond acceptors (Lipinski definition) is 7. The summed E-state index contributed by atoms with van der Waals surface area (Å²) in [7, 11) is 1.45. The molecule has 2 amide bonds. The zero-order valence-electron chi connectivity index (χ0n) is 30.5. The van der Waals surface area contributed by atoms with Crippen molar-refractivity contribution >= 4 is 40.4 Å². The van der Waals surface area contributed by atoms with Crippen molar-refractivity contribution in [2.45, 2.75) is 24.2 Å². The lowest BCUT2D eigenvalue weighted by atomic mass is 9.44. The molecule has 0 radical (unpaired) electrons. The van der Waals surface area contributed by atoms with Crippen LogP contribution >= 0.6 is 0 Å². The number of phenols is 1. The van der Waals surface area contributed by atoms with Crippen molar-refractivity contribution in [1.29, 1.82) is 0 Å². The fourth-order valence-electron chi connectivity index (χ4n) is 9.93. The number of benzene rings is 5. The summed E-state index contributed by atoms with van der Waals surface area (Å²) in [4.78, 5) is 73.8. The van der Waals surface area contributed by atoms with Gasteiger partial charge in [0.2, 0.25) is 11.8 Å². The lowest BCUT2D eigenvalue weighted by Gasteiger charge is -2.55. The van der Waals surface area contributed by atoms with Crippen molar-refractivity contribution in [2.24, 2.45) is 23.7 Å². The van der Waals surface area contributed by atoms with Gasteiger partial charge in [-0.1, -0.05) is 115 Å². The molecule has 276 valence electrons. The summed E-state index contributed by atoms with van der Waals surface area (Å²) in [5.74, 6) is -5.36. The van der Waals surface area contributed by atoms with Gasteiger partial charge in [0.25, 0.3) is 0 Å². The molecule has 56 heavy (non-hydrogen) atoms. The van der Waals surface area contributed by atoms with Gasteiger partial charge in [0, 0.05) is 34.1 Å². The number of rotatable bonds is 7. The number of anilines is 1. The molecule has 3 aliphatic carbocycles. The number of phenolic OH excluding ortho intramolecular Hbond substituents is 1. The van der Waals surface area contributed by atoms with E-state index in [0.717, 1.165) is 5.57 Å². The van der Waals surface area contributed by atoms with Gasteiger partial charge in [-0.15, -0.1) is 0 Å². The Labute approximate surface area is 323 Å². The van der Waals surface area contributed by atoms with Crippen LogP contribution in [0.1, 0.15) is 51.4 Å². The summed E-state index contributed by atoms with van der Waals surface area (Å²) >= 11 is 0. The highest BCUT2D eigenvalue weighted by molar-refractivity contribution is 6.32. The highest BCUT2D eigenvalue weighted by Gasteiger charge is 2.66. The number of aromatic hydroxyl groups is 1. The first kappa shape index (κ1) is 35.1. The molecule has 1 saturated heterocycles. The molecule has 1 aliphatic heterocycles. The zero-order chi connectivity index (χ0) is 38.7. The Morgan fingerprint density at radius 2 is 1.38 bits per heavy atom. The minimum atomic E-state index is -1.48. The van der Waals surface area contributed by atoms with Crippen LogP contribution in [0.4, 0.5) is 5.69 Å². The minimum Gasteiger partial charge on any atom is -0.504 e. The third-order valence-corrected chi connectivity index (χ3v) is 12.4. The van der Waals surface area contributed by atoms with Gasteiger partial charge in [0.1, 0.15) is 0 Å². The van der Waals surface area contributed by atoms with E-state index >= 15 is 9.59 Å². The van der Waals surface area contributed by atoms with Crippen molar-refractivity contribution in [2.75, 3.05) is 12.0 Å². The van der Waals surface area contributed by atoms with E-state index in [0.29, 0.717) is 39.1 Å². The van der Waals surface area contributed by atoms with E-state index in [1.165, 1.54) is 18.1 Å². The summed E-state index contributed by atoms with van der Waals surface area (Å²) in [5.41, 5.74) is 2.49. The van der Waals surface area contributed by atoms with Crippen LogP contribution in [0.5, 0.6) is 11.5 Å². The van der Waals surface area contributed by atoms with Crippen molar-refractivity contribution in [3.05, 3.63) is 179 Å². The second-order valence-electron chi connectivity index (χ2n) is 14.9. The van der Waals surface area contributed by atoms with E-state index in [2.05, 4.69) is 0 Å². The Morgan fingerprint density at radius 1 is 0.732 bits per heavy atom. The van der Waals surface area contributed by atoms with E-state index < -0.39 is 40.9 Å². The number of carbonyl (C=O) groups excluding carboxylic acids is 5. The maximum atomic E-state index is 15.2. The molecule has 1 heterocycles. The van der Waals surface area contributed by atoms with Crippen LogP contribution in [-0.4, -0.2) is 41.4 Å². The molecule has 9 rings (SSSR count). The van der Waals surface area contributed by atoms with Gasteiger partial charge < -0.3 is 9.84 Å². The molecular formula is C48H37NO7. The van der Waals surface area contributed by atoms with Gasteiger partial charge in [0.15, 0.2) is 28.8 Å². The van der Waals surface area contributed by atoms with Crippen molar-refractivity contribution < 1.29 is 33.8 Å². The molecule has 2 fully saturated rings. The van der Waals surface area contributed by atoms with Gasteiger partial charge in [-0.2, -0.15) is 0 Å². The lowest BCUT2D eigenvalue weighted by Crippen LogP contribution is -2.58. The van der Waals surface area contributed by atoms with Crippen LogP contribution in [0.3, 0.4) is 0 Å². The fourth-order valence-corrected chi connectivity index (χ4v) is 9.93. The molecule has 4 aliphatic rings. The van der Waals surface area contributed by atoms with Crippen molar-refractivity contribution in [1.82, 2.24) is 0 Å². The average Bonchev–Trinajstić information content (AvgIpc) is 3.50. The Balaban J connectivity index is 1.19. The third-order valence-electron chi connectivity index (χ3n) is 12.4. The van der Waals surface area contributed by atoms with Crippen LogP contribution in [-0.2, 0) is 24.6 Å². The highest BCUT2D eigenvalue weighted by Crippen LogP contribution is 2.65. The SMILES string of the molecule is COc1cccc([C@H]2C3=CC[C@@H]4C(=O)N(c5ccc(C(=O)c6ccccc6)cc5)C(=O)[C@@H]4[C@@H]3C[C@H]3C(=O)C(c4ccccc4)=CC(=O)[C@@]23c2ccccc2)c1O. The number of fused-ring (bicyclic) bond motifs is 4. The summed E-state index contributed by atoms with van der Waals surface area (Å²) < 4.78 is 5.56. The number of ether oxygens (including phenoxy) is 1. The second-order valence-corrected chi connectivity index (χ2v) is 14.9. The quantitative estimate of drug-likeness (QED) is 0.104. The summed E-state index contributed by atoms with van der Waals surface area (Å²) in [6.45, 7) is 0. The molecule has 0 spiro atoms. The maximum Gasteiger partial charge on any atom is 0.238 e. The smallest absolute Gasteiger partial charge is 0.238 e. The molecule has 6 atom stereocenters. The standard InChI is InChI=1S/C48H37NO7/c1-56-39-19-11-18-35(45(39)53)42-33-24-25-34-41(47(55)49(46(34)54)32-22-20-30(21-23-32)43(51)29-14-7-3-8-15-29)37(33)26-38-44(52)36(28-12-5-2-6-13-28)27-40(50)48(38,42)31-16-9-4-10-17-31/h2-24,27,34,37-38,41-42,53H,25-26H2,1H3/t34-,37+,38-,41-,42+,48-/m0/s1. The summed E-state index contributed by atoms with van der Waals surface area (Å²) in [5, 5.41) is 11.9. The van der Waals surface area contributed by atoms with Crippen LogP contribution in [0.15, 0.2) is 151 Å². The molecule has 5 aromatic carbocycles. The van der Waals surface area contributed by atoms with Crippen LogP contribution < -0.4 is 9.64 Å². The highest BCUT2D eigenvalue weighted by atomic mass is 16.5. The lowest BCUT2D eigenvalue weighted by molar-refractivity contribution is -0.135. The van der Waals surface area contributed by atoms with Crippen LogP contribution in [0.25, 0.3) is 5.57 Å². The van der Waals surface area contributed by atoms with Gasteiger partial charge in [0.05, 0.1) is 30.0 Å². The summed E-state index contributed by atoms with van der Waals surface area (Å²) in [6.07, 6.45) is 3.78. The normalized spacial score (nSPS) is 25.4. The summed E-state index contributed by atoms with van der Waals surface area (Å²) in [6, 6.07) is 38.8. The van der Waals surface area contributed by atoms with Crippen LogP contribution in [0, 0.1) is 23.7 Å². The van der Waals surface area contributed by atoms with Gasteiger partial charge >= 0.3 is 0 Å². The largest absolute Gasteiger partial charge is 0.504 e. The zero-order valence-corrected chi connectivity index (χ0v) is 30.5. The molecule has 8 nitrogen and oxygen atoms in total. The van der Waals surface area contributed by atoms with E-state index in [1.54, 1.807) is 78.9 Å². The first-order valence-corrected chi connectivity index (χ1v) is 18.8. The molecule has 1 saturated carbocycles. The van der Waals surface area contributed by atoms with E-state index in [1.807, 2.05) is 60.7 Å². The Hall–Kier alpha value is -6.67. The molecule has 8 heteroatoms. The Bertz CT molecular complexity index is 2490. The number of para-hydroxylation sites is 1. The molecular weight excluding hydrogens is 703 g/mol. The first-order valence-electron chi connectivity index (χ1n) is 18.8. The molecule has 0 unspecified atom stereocenters. The topological polar surface area (TPSA) is 118 Å². The predicted molar refractivity (Wildman–Crippen MR) is 210 cm³/mol. The third kappa shape index (κ3) is 5.16. The van der Waals surface area contributed by atoms with E-state index in [4.69, 9.17) is 4.74 Å². The van der Waals surface area contributed by atoms with Gasteiger partial charge in [-0.25, -0.2) is 0 Å². The molecule has 0 aromatic heterocycles. The number of Topliss-reactive ketones (excluding diaryl/α,β-unsaturated/α-hetero) is 1. The van der Waals surface area contributed by atoms with E-state index in [-0.39, 0.29) is 47.6 Å².